The Morgan fingerprint density at radius 2 is 1.02 bits per heavy atom. The van der Waals surface area contributed by atoms with Gasteiger partial charge in [-0.2, -0.15) is 12.8 Å². The van der Waals surface area contributed by atoms with E-state index < -0.39 is 0 Å². The number of rotatable bonds is 8. The molecule has 2 atom stereocenters. The van der Waals surface area contributed by atoms with Crippen LogP contribution in [0.5, 0.6) is 0 Å². The summed E-state index contributed by atoms with van der Waals surface area (Å²) in [5.74, 6) is -0.0465. The molecule has 5 heteroatoms. The van der Waals surface area contributed by atoms with Crippen molar-refractivity contribution >= 4 is 11.8 Å². The van der Waals surface area contributed by atoms with Gasteiger partial charge in [0.2, 0.25) is 0 Å². The Kier molecular flexibility index (Phi) is 18.0. The fourth-order valence-corrected chi connectivity index (χ4v) is 5.03. The number of amides is 2. The summed E-state index contributed by atoms with van der Waals surface area (Å²) in [4.78, 5) is 26.1. The predicted octanol–water partition coefficient (Wildman–Crippen LogP) is 8.50. The minimum Gasteiger partial charge on any atom is -0.349 e. The Labute approximate surface area is 270 Å². The molecule has 2 amide bonds. The average Bonchev–Trinajstić information content (AvgIpc) is 3.00. The normalized spacial score (nSPS) is 18.5. The van der Waals surface area contributed by atoms with Crippen molar-refractivity contribution in [1.82, 2.24) is 10.6 Å². The topological polar surface area (TPSA) is 58.2 Å². The summed E-state index contributed by atoms with van der Waals surface area (Å²) in [6.45, 7) is 15.9. The van der Waals surface area contributed by atoms with Crippen molar-refractivity contribution in [3.8, 4) is 0 Å². The molecule has 0 aliphatic heterocycles. The molecule has 3 aromatic carbocycles. The first kappa shape index (κ1) is 37.3. The number of carbonyl (C=O) groups is 2. The number of hydrogen-bond donors (Lipinski definition) is 2. The molecule has 2 unspecified atom stereocenters. The average molecular weight is 603 g/mol. The third-order valence-corrected chi connectivity index (χ3v) is 7.30. The number of unbranched alkanes of at least 4 members (excludes halogenated alkanes) is 2. The molecule has 1 aliphatic rings. The van der Waals surface area contributed by atoms with Gasteiger partial charge in [0, 0.05) is 29.1 Å². The molecule has 1 fully saturated rings. The molecule has 224 valence electrons. The Hall–Kier alpha value is -2.69. The Morgan fingerprint density at radius 3 is 1.36 bits per heavy atom. The third-order valence-electron chi connectivity index (χ3n) is 7.30. The van der Waals surface area contributed by atoms with E-state index in [0.29, 0.717) is 11.1 Å². The largest absolute Gasteiger partial charge is 2.00 e. The summed E-state index contributed by atoms with van der Waals surface area (Å²) < 4.78 is 0. The number of carbonyl (C=O) groups excluding carboxylic acids is 2. The SMILES string of the molecule is CC1(C)CC(NC(=O)c2ccccc2)C(Cc2ccccc2)C(NC(=O)c2ccccc2)C1.[CH2-]CCC.[CH2-]CCC.[Ti+2]. The molecule has 0 heterocycles. The van der Waals surface area contributed by atoms with Gasteiger partial charge in [0.05, 0.1) is 0 Å². The van der Waals surface area contributed by atoms with Crippen LogP contribution in [0.4, 0.5) is 0 Å². The van der Waals surface area contributed by atoms with E-state index in [1.807, 2.05) is 78.9 Å². The summed E-state index contributed by atoms with van der Waals surface area (Å²) in [7, 11) is 0. The molecule has 0 aromatic heterocycles. The van der Waals surface area contributed by atoms with Gasteiger partial charge in [0.1, 0.15) is 0 Å². The van der Waals surface area contributed by atoms with Gasteiger partial charge in [-0.3, -0.25) is 9.59 Å². The Bertz CT molecular complexity index is 1060. The van der Waals surface area contributed by atoms with E-state index in [2.05, 4.69) is 64.3 Å². The second-order valence-corrected chi connectivity index (χ2v) is 11.5. The van der Waals surface area contributed by atoms with Crippen molar-refractivity contribution in [3.05, 3.63) is 122 Å². The van der Waals surface area contributed by atoms with Crippen molar-refractivity contribution in [2.24, 2.45) is 11.3 Å². The number of nitrogens with one attached hydrogen (secondary N) is 2. The predicted molar refractivity (Wildman–Crippen MR) is 173 cm³/mol. The molecular formula is C37H50N2O2Ti. The quantitative estimate of drug-likeness (QED) is 0.201. The Balaban J connectivity index is 0.000000873. The molecule has 1 saturated carbocycles. The number of benzene rings is 3. The molecule has 0 spiro atoms. The third kappa shape index (κ3) is 13.1. The van der Waals surface area contributed by atoms with Gasteiger partial charge < -0.3 is 24.5 Å². The fourth-order valence-electron chi connectivity index (χ4n) is 5.03. The van der Waals surface area contributed by atoms with Gasteiger partial charge in [0.25, 0.3) is 11.8 Å². The van der Waals surface area contributed by atoms with Crippen molar-refractivity contribution < 1.29 is 31.3 Å². The molecule has 42 heavy (non-hydrogen) atoms. The first-order valence-electron chi connectivity index (χ1n) is 15.1. The zero-order valence-electron chi connectivity index (χ0n) is 26.1. The van der Waals surface area contributed by atoms with Crippen LogP contribution in [-0.2, 0) is 28.1 Å². The fraction of sp³-hybridized carbons (Fsp3) is 0.405. The van der Waals surface area contributed by atoms with Crippen molar-refractivity contribution in [3.63, 3.8) is 0 Å². The monoisotopic (exact) mass is 602 g/mol. The van der Waals surface area contributed by atoms with E-state index in [4.69, 9.17) is 0 Å². The van der Waals surface area contributed by atoms with E-state index in [0.717, 1.165) is 32.1 Å². The van der Waals surface area contributed by atoms with E-state index in [1.54, 1.807) is 0 Å². The maximum Gasteiger partial charge on any atom is 2.00 e. The maximum atomic E-state index is 13.1. The van der Waals surface area contributed by atoms with Crippen molar-refractivity contribution in [2.45, 2.75) is 84.7 Å². The first-order valence-corrected chi connectivity index (χ1v) is 15.1. The minimum atomic E-state index is -0.0653. The molecule has 3 aromatic rings. The minimum absolute atomic E-state index is 0. The maximum absolute atomic E-state index is 13.1. The van der Waals surface area contributed by atoms with Crippen LogP contribution >= 0.6 is 0 Å². The van der Waals surface area contributed by atoms with Crippen LogP contribution in [-0.4, -0.2) is 23.9 Å². The second-order valence-electron chi connectivity index (χ2n) is 11.5. The van der Waals surface area contributed by atoms with E-state index in [9.17, 15) is 9.59 Å². The first-order chi connectivity index (χ1) is 19.7. The van der Waals surface area contributed by atoms with Gasteiger partial charge in [-0.05, 0) is 54.5 Å². The molecule has 2 N–H and O–H groups in total. The summed E-state index contributed by atoms with van der Waals surface area (Å²) in [6, 6.07) is 28.9. The van der Waals surface area contributed by atoms with Crippen LogP contribution < -0.4 is 10.6 Å². The van der Waals surface area contributed by atoms with Crippen LogP contribution in [0.25, 0.3) is 0 Å². The summed E-state index contributed by atoms with van der Waals surface area (Å²) in [5.41, 5.74) is 2.50. The van der Waals surface area contributed by atoms with Crippen molar-refractivity contribution in [2.75, 3.05) is 0 Å². The van der Waals surface area contributed by atoms with Crippen LogP contribution in [0, 0.1) is 25.2 Å². The molecule has 1 aliphatic carbocycles. The zero-order valence-corrected chi connectivity index (χ0v) is 27.6. The van der Waals surface area contributed by atoms with Gasteiger partial charge >= 0.3 is 21.7 Å². The zero-order chi connectivity index (χ0) is 30.1. The summed E-state index contributed by atoms with van der Waals surface area (Å²) >= 11 is 0. The molecule has 0 bridgehead atoms. The van der Waals surface area contributed by atoms with E-state index in [1.165, 1.54) is 18.4 Å². The van der Waals surface area contributed by atoms with Crippen LogP contribution in [0.2, 0.25) is 0 Å². The van der Waals surface area contributed by atoms with Crippen molar-refractivity contribution in [1.29, 1.82) is 0 Å². The number of hydrogen-bond acceptors (Lipinski definition) is 2. The molecule has 0 radical (unpaired) electrons. The summed E-state index contributed by atoms with van der Waals surface area (Å²) in [6.07, 6.45) is 7.07. The summed E-state index contributed by atoms with van der Waals surface area (Å²) in [5, 5.41) is 6.63. The second kappa shape index (κ2) is 20.3. The van der Waals surface area contributed by atoms with Gasteiger partial charge in [0.15, 0.2) is 0 Å². The van der Waals surface area contributed by atoms with Gasteiger partial charge in [-0.25, -0.2) is 0 Å². The van der Waals surface area contributed by atoms with Gasteiger partial charge in [-0.1, -0.05) is 107 Å². The standard InChI is InChI=1S/C29H32N2O2.2C4H9.Ti/c1-29(2)19-25(30-27(32)22-14-8-4-9-15-22)24(18-21-12-6-3-7-13-21)26(20-29)31-28(33)23-16-10-5-11-17-23;2*1-3-4-2;/h3-17,24-26H,18-20H2,1-2H3,(H,30,32)(H,31,33);2*1,3-4H2,2H3;/q;2*-1;+2. The van der Waals surface area contributed by atoms with Crippen LogP contribution in [0.15, 0.2) is 91.0 Å². The smallest absolute Gasteiger partial charge is 0.349 e. The molecule has 4 nitrogen and oxygen atoms in total. The van der Waals surface area contributed by atoms with E-state index in [-0.39, 0.29) is 56.9 Å². The van der Waals surface area contributed by atoms with Gasteiger partial charge in [-0.15, -0.1) is 0 Å². The van der Waals surface area contributed by atoms with Crippen LogP contribution in [0.3, 0.4) is 0 Å². The molecule has 0 saturated heterocycles. The molecule has 4 rings (SSSR count). The Morgan fingerprint density at radius 1 is 0.690 bits per heavy atom. The van der Waals surface area contributed by atoms with Crippen LogP contribution in [0.1, 0.15) is 92.5 Å². The van der Waals surface area contributed by atoms with E-state index >= 15 is 0 Å². The molecular weight excluding hydrogens is 552 g/mol.